The van der Waals surface area contributed by atoms with Crippen molar-refractivity contribution in [1.29, 1.82) is 0 Å². The molecule has 4 rings (SSSR count). The third kappa shape index (κ3) is 4.51. The number of nitrogens with one attached hydrogen (secondary N) is 1. The van der Waals surface area contributed by atoms with Gasteiger partial charge in [0.15, 0.2) is 0 Å². The first kappa shape index (κ1) is 21.6. The lowest BCUT2D eigenvalue weighted by atomic mass is 9.95. The summed E-state index contributed by atoms with van der Waals surface area (Å²) in [6.45, 7) is 3.61. The number of anilines is 1. The molecule has 1 aliphatic rings. The van der Waals surface area contributed by atoms with Gasteiger partial charge in [-0.1, -0.05) is 48.4 Å². The Morgan fingerprint density at radius 3 is 2.44 bits per heavy atom. The van der Waals surface area contributed by atoms with E-state index in [2.05, 4.69) is 21.5 Å². The van der Waals surface area contributed by atoms with E-state index in [4.69, 9.17) is 4.74 Å². The van der Waals surface area contributed by atoms with Crippen LogP contribution in [0.25, 0.3) is 0 Å². The Labute approximate surface area is 190 Å². The van der Waals surface area contributed by atoms with Crippen LogP contribution in [0.5, 0.6) is 0 Å². The zero-order chi connectivity index (χ0) is 22.7. The number of aryl methyl sites for hydroxylation is 1. The van der Waals surface area contributed by atoms with E-state index in [1.165, 1.54) is 11.5 Å². The number of hydrogen-bond donors (Lipinski definition) is 2. The van der Waals surface area contributed by atoms with Crippen LogP contribution < -0.4 is 5.32 Å². The second-order valence-electron chi connectivity index (χ2n) is 7.77. The number of amides is 1. The summed E-state index contributed by atoms with van der Waals surface area (Å²) >= 11 is 1.20. The van der Waals surface area contributed by atoms with Crippen LogP contribution in [0, 0.1) is 18.8 Å². The summed E-state index contributed by atoms with van der Waals surface area (Å²) in [4.78, 5) is 24.5. The molecule has 2 N–H and O–H groups in total. The van der Waals surface area contributed by atoms with Crippen molar-refractivity contribution in [2.24, 2.45) is 0 Å². The van der Waals surface area contributed by atoms with Gasteiger partial charge in [0, 0.05) is 5.56 Å². The number of ether oxygens (including phenoxy) is 1. The van der Waals surface area contributed by atoms with Gasteiger partial charge in [-0.05, 0) is 67.4 Å². The number of nitrogens with zero attached hydrogens (tertiary/aromatic N) is 1. The largest absolute Gasteiger partial charge is 0.481 e. The lowest BCUT2D eigenvalue weighted by molar-refractivity contribution is -0.140. The van der Waals surface area contributed by atoms with Crippen molar-refractivity contribution < 1.29 is 19.4 Å². The number of hydrogen-bond acceptors (Lipinski definition) is 5. The van der Waals surface area contributed by atoms with E-state index in [0.29, 0.717) is 29.1 Å². The van der Waals surface area contributed by atoms with Gasteiger partial charge in [-0.25, -0.2) is 4.79 Å². The van der Waals surface area contributed by atoms with Gasteiger partial charge < -0.3 is 9.84 Å². The van der Waals surface area contributed by atoms with Crippen LogP contribution in [0.2, 0.25) is 0 Å². The van der Waals surface area contributed by atoms with Crippen molar-refractivity contribution in [3.8, 4) is 11.8 Å². The molecule has 0 radical (unpaired) electrons. The van der Waals surface area contributed by atoms with Gasteiger partial charge in [-0.2, -0.15) is 4.37 Å². The molecule has 162 valence electrons. The maximum absolute atomic E-state index is 12.4. The van der Waals surface area contributed by atoms with Crippen LogP contribution in [0.3, 0.4) is 0 Å². The number of carbonyl (C=O) groups excluding carboxylic acids is 1. The number of aromatic nitrogens is 1. The van der Waals surface area contributed by atoms with E-state index in [0.717, 1.165) is 16.7 Å². The second-order valence-corrected chi connectivity index (χ2v) is 8.54. The molecule has 0 bridgehead atoms. The van der Waals surface area contributed by atoms with E-state index in [1.807, 2.05) is 61.5 Å². The molecule has 1 aromatic heterocycles. The summed E-state index contributed by atoms with van der Waals surface area (Å²) in [5, 5.41) is 12.2. The van der Waals surface area contributed by atoms with E-state index in [9.17, 15) is 14.7 Å². The highest BCUT2D eigenvalue weighted by Crippen LogP contribution is 2.48. The van der Waals surface area contributed by atoms with Crippen molar-refractivity contribution in [1.82, 2.24) is 4.37 Å². The maximum atomic E-state index is 12.4. The number of carbonyl (C=O) groups is 2. The van der Waals surface area contributed by atoms with E-state index < -0.39 is 23.6 Å². The van der Waals surface area contributed by atoms with E-state index in [-0.39, 0.29) is 0 Å². The van der Waals surface area contributed by atoms with Crippen molar-refractivity contribution >= 4 is 29.3 Å². The topological polar surface area (TPSA) is 88.5 Å². The monoisotopic (exact) mass is 446 g/mol. The predicted molar refractivity (Wildman–Crippen MR) is 123 cm³/mol. The summed E-state index contributed by atoms with van der Waals surface area (Å²) in [5.41, 5.74) is 2.94. The average molecular weight is 447 g/mol. The van der Waals surface area contributed by atoms with E-state index >= 15 is 0 Å². The van der Waals surface area contributed by atoms with Gasteiger partial charge in [0.25, 0.3) is 0 Å². The molecule has 7 heteroatoms. The number of rotatable bonds is 5. The van der Waals surface area contributed by atoms with Crippen LogP contribution in [-0.4, -0.2) is 21.5 Å². The van der Waals surface area contributed by atoms with Gasteiger partial charge in [0.05, 0.1) is 16.8 Å². The first-order valence-electron chi connectivity index (χ1n) is 10.2. The lowest BCUT2D eigenvalue weighted by Gasteiger charge is -2.14. The summed E-state index contributed by atoms with van der Waals surface area (Å²) in [6, 6.07) is 16.8. The first-order chi connectivity index (χ1) is 15.4. The number of carboxylic acids is 1. The van der Waals surface area contributed by atoms with Crippen molar-refractivity contribution in [3.05, 3.63) is 81.9 Å². The highest BCUT2D eigenvalue weighted by molar-refractivity contribution is 7.07. The SMILES string of the molecule is Cc1nsc(C#Cc2ccc(C3(C(=O)O)CC3)cc2)c1NC(=O)O[C@H](C)c1ccccc1. The van der Waals surface area contributed by atoms with Gasteiger partial charge in [0.1, 0.15) is 11.0 Å². The molecule has 3 aromatic rings. The fourth-order valence-corrected chi connectivity index (χ4v) is 4.15. The molecular weight excluding hydrogens is 424 g/mol. The Kier molecular flexibility index (Phi) is 5.97. The molecular formula is C25H22N2O4S. The average Bonchev–Trinajstić information content (AvgIpc) is 3.54. The predicted octanol–water partition coefficient (Wildman–Crippen LogP) is 5.28. The molecule has 0 unspecified atom stereocenters. The molecule has 1 aliphatic carbocycles. The minimum Gasteiger partial charge on any atom is -0.481 e. The molecule has 1 saturated carbocycles. The number of benzene rings is 2. The molecule has 1 amide bonds. The minimum atomic E-state index is -0.777. The van der Waals surface area contributed by atoms with Gasteiger partial charge >= 0.3 is 12.1 Å². The van der Waals surface area contributed by atoms with Gasteiger partial charge in [0.2, 0.25) is 0 Å². The Morgan fingerprint density at radius 2 is 1.81 bits per heavy atom. The molecule has 2 aromatic carbocycles. The number of aliphatic carboxylic acids is 1. The second kappa shape index (κ2) is 8.85. The molecule has 1 atom stereocenters. The van der Waals surface area contributed by atoms with Crippen molar-refractivity contribution in [2.75, 3.05) is 5.32 Å². The Balaban J connectivity index is 1.45. The highest BCUT2D eigenvalue weighted by atomic mass is 32.1. The summed E-state index contributed by atoms with van der Waals surface area (Å²) < 4.78 is 9.78. The molecule has 32 heavy (non-hydrogen) atoms. The first-order valence-corrected chi connectivity index (χ1v) is 11.0. The minimum absolute atomic E-state index is 0.392. The normalized spacial score (nSPS) is 14.6. The Morgan fingerprint density at radius 1 is 1.12 bits per heavy atom. The van der Waals surface area contributed by atoms with Crippen LogP contribution in [0.1, 0.15) is 53.1 Å². The van der Waals surface area contributed by atoms with E-state index in [1.54, 1.807) is 6.92 Å². The molecule has 1 heterocycles. The zero-order valence-electron chi connectivity index (χ0n) is 17.7. The molecule has 0 spiro atoms. The fourth-order valence-electron chi connectivity index (χ4n) is 3.44. The quantitative estimate of drug-likeness (QED) is 0.521. The summed E-state index contributed by atoms with van der Waals surface area (Å²) in [6.07, 6.45) is 0.375. The standard InChI is InChI=1S/C25H22N2O4S/c1-16-22(26-24(30)31-17(2)19-6-4-3-5-7-19)21(32-27-16)13-10-18-8-11-20(12-9-18)25(14-15-25)23(28)29/h3-9,11-12,17H,14-15H2,1-2H3,(H,26,30)(H,28,29)/t17-/m1/s1. The van der Waals surface area contributed by atoms with Crippen LogP contribution in [0.15, 0.2) is 54.6 Å². The lowest BCUT2D eigenvalue weighted by Crippen LogP contribution is -2.19. The van der Waals surface area contributed by atoms with Gasteiger partial charge in [-0.3, -0.25) is 10.1 Å². The fraction of sp³-hybridized carbons (Fsp3) is 0.240. The zero-order valence-corrected chi connectivity index (χ0v) is 18.5. The third-order valence-electron chi connectivity index (χ3n) is 5.56. The molecule has 6 nitrogen and oxygen atoms in total. The van der Waals surface area contributed by atoms with Crippen molar-refractivity contribution in [2.45, 2.75) is 38.2 Å². The summed E-state index contributed by atoms with van der Waals surface area (Å²) in [7, 11) is 0. The van der Waals surface area contributed by atoms with Gasteiger partial charge in [-0.15, -0.1) is 0 Å². The van der Waals surface area contributed by atoms with Crippen LogP contribution in [0.4, 0.5) is 10.5 Å². The van der Waals surface area contributed by atoms with Crippen LogP contribution in [-0.2, 0) is 14.9 Å². The highest BCUT2D eigenvalue weighted by Gasteiger charge is 2.51. The third-order valence-corrected chi connectivity index (χ3v) is 6.41. The van der Waals surface area contributed by atoms with Crippen LogP contribution >= 0.6 is 11.5 Å². The Hall–Kier alpha value is -3.63. The number of carboxylic acid groups (broad SMARTS) is 1. The molecule has 0 saturated heterocycles. The summed E-state index contributed by atoms with van der Waals surface area (Å²) in [5.74, 6) is 5.34. The Bertz CT molecular complexity index is 1200. The molecule has 1 fully saturated rings. The van der Waals surface area contributed by atoms with Crippen molar-refractivity contribution in [3.63, 3.8) is 0 Å². The molecule has 0 aliphatic heterocycles. The maximum Gasteiger partial charge on any atom is 0.412 e. The smallest absolute Gasteiger partial charge is 0.412 e.